The van der Waals surface area contributed by atoms with Gasteiger partial charge in [-0.1, -0.05) is 6.07 Å². The Labute approximate surface area is 147 Å². The molecule has 1 aliphatic heterocycles. The summed E-state index contributed by atoms with van der Waals surface area (Å²) in [4.78, 5) is 26.4. The summed E-state index contributed by atoms with van der Waals surface area (Å²) in [5.41, 5.74) is 5.37. The lowest BCUT2D eigenvalue weighted by molar-refractivity contribution is -0.123. The van der Waals surface area contributed by atoms with Gasteiger partial charge in [-0.2, -0.15) is 0 Å². The van der Waals surface area contributed by atoms with Crippen molar-refractivity contribution in [2.75, 3.05) is 39.0 Å². The first-order chi connectivity index (χ1) is 11.6. The van der Waals surface area contributed by atoms with Gasteiger partial charge >= 0.3 is 0 Å². The first kappa shape index (κ1) is 18.6. The van der Waals surface area contributed by atoms with Crippen molar-refractivity contribution in [3.63, 3.8) is 0 Å². The van der Waals surface area contributed by atoms with Crippen molar-refractivity contribution in [3.05, 3.63) is 24.3 Å². The molecule has 1 aliphatic rings. The normalized spacial score (nSPS) is 18.1. The van der Waals surface area contributed by atoms with E-state index in [2.05, 4.69) is 10.2 Å². The second-order valence-electron chi connectivity index (χ2n) is 5.86. The number of carbonyl (C=O) groups is 2. The minimum Gasteiger partial charge on any atom is -0.497 e. The molecule has 7 heteroatoms. The van der Waals surface area contributed by atoms with Crippen LogP contribution in [0.25, 0.3) is 0 Å². The molecule has 1 aromatic rings. The third-order valence-corrected chi connectivity index (χ3v) is 5.06. The molecule has 0 saturated carbocycles. The Kier molecular flexibility index (Phi) is 7.39. The van der Waals surface area contributed by atoms with Gasteiger partial charge in [-0.3, -0.25) is 9.59 Å². The average molecular weight is 351 g/mol. The maximum Gasteiger partial charge on any atom is 0.230 e. The number of nitrogens with zero attached hydrogens (tertiary/aromatic N) is 1. The number of rotatable bonds is 8. The smallest absolute Gasteiger partial charge is 0.230 e. The summed E-state index contributed by atoms with van der Waals surface area (Å²) in [7, 11) is 1.62. The fourth-order valence-corrected chi connectivity index (χ4v) is 3.51. The number of amides is 2. The molecule has 24 heavy (non-hydrogen) atoms. The van der Waals surface area contributed by atoms with E-state index < -0.39 is 0 Å². The van der Waals surface area contributed by atoms with Gasteiger partial charge in [0, 0.05) is 24.5 Å². The van der Waals surface area contributed by atoms with Crippen LogP contribution in [-0.2, 0) is 9.59 Å². The number of carbonyl (C=O) groups excluding carboxylic acids is 2. The number of primary amides is 1. The number of nitrogens with two attached hydrogens (primary N) is 1. The molecule has 3 N–H and O–H groups in total. The standard InChI is InChI=1S/C17H25N3O3S/c1-23-14-5-2-6-15(10-14)24-12-16(21)19-7-9-20-8-3-4-13(11-20)17(18)22/h2,5-6,10,13H,3-4,7-9,11-12H2,1H3,(H2,18,22)(H,19,21). The highest BCUT2D eigenvalue weighted by Crippen LogP contribution is 2.22. The van der Waals surface area contributed by atoms with Crippen LogP contribution in [0.4, 0.5) is 0 Å². The third-order valence-electron chi connectivity index (χ3n) is 4.07. The van der Waals surface area contributed by atoms with E-state index in [1.54, 1.807) is 7.11 Å². The molecule has 1 saturated heterocycles. The minimum atomic E-state index is -0.224. The van der Waals surface area contributed by atoms with Crippen LogP contribution in [0.2, 0.25) is 0 Å². The van der Waals surface area contributed by atoms with Gasteiger partial charge < -0.3 is 20.7 Å². The van der Waals surface area contributed by atoms with E-state index in [9.17, 15) is 9.59 Å². The van der Waals surface area contributed by atoms with E-state index in [0.717, 1.165) is 36.6 Å². The number of piperidine rings is 1. The maximum atomic E-state index is 11.9. The Bertz CT molecular complexity index is 568. The predicted octanol–water partition coefficient (Wildman–Crippen LogP) is 1.10. The van der Waals surface area contributed by atoms with Crippen LogP contribution in [0.5, 0.6) is 5.75 Å². The number of likely N-dealkylation sites (tertiary alicyclic amines) is 1. The van der Waals surface area contributed by atoms with Gasteiger partial charge in [-0.15, -0.1) is 11.8 Å². The van der Waals surface area contributed by atoms with Crippen molar-refractivity contribution in [1.82, 2.24) is 10.2 Å². The summed E-state index contributed by atoms with van der Waals surface area (Å²) in [6.07, 6.45) is 1.85. The molecule has 2 rings (SSSR count). The van der Waals surface area contributed by atoms with Crippen molar-refractivity contribution in [2.24, 2.45) is 11.7 Å². The highest BCUT2D eigenvalue weighted by atomic mass is 32.2. The molecule has 0 bridgehead atoms. The van der Waals surface area contributed by atoms with Crippen molar-refractivity contribution in [1.29, 1.82) is 0 Å². The molecule has 1 heterocycles. The number of thioether (sulfide) groups is 1. The lowest BCUT2D eigenvalue weighted by Crippen LogP contribution is -2.44. The zero-order chi connectivity index (χ0) is 17.4. The molecule has 0 radical (unpaired) electrons. The highest BCUT2D eigenvalue weighted by Gasteiger charge is 2.23. The monoisotopic (exact) mass is 351 g/mol. The molecule has 0 spiro atoms. The topological polar surface area (TPSA) is 84.7 Å². The van der Waals surface area contributed by atoms with Crippen molar-refractivity contribution in [2.45, 2.75) is 17.7 Å². The summed E-state index contributed by atoms with van der Waals surface area (Å²) in [5, 5.41) is 2.92. The molecule has 1 atom stereocenters. The Morgan fingerprint density at radius 1 is 1.46 bits per heavy atom. The zero-order valence-corrected chi connectivity index (χ0v) is 14.8. The molecule has 2 amide bonds. The van der Waals surface area contributed by atoms with Crippen LogP contribution in [0.3, 0.4) is 0 Å². The zero-order valence-electron chi connectivity index (χ0n) is 14.0. The summed E-state index contributed by atoms with van der Waals surface area (Å²) >= 11 is 1.48. The maximum absolute atomic E-state index is 11.9. The van der Waals surface area contributed by atoms with Crippen LogP contribution in [0.15, 0.2) is 29.2 Å². The van der Waals surface area contributed by atoms with E-state index in [-0.39, 0.29) is 17.7 Å². The molecule has 0 aromatic heterocycles. The Morgan fingerprint density at radius 2 is 2.29 bits per heavy atom. The quantitative estimate of drug-likeness (QED) is 0.685. The van der Waals surface area contributed by atoms with Crippen LogP contribution < -0.4 is 15.8 Å². The largest absolute Gasteiger partial charge is 0.497 e. The van der Waals surface area contributed by atoms with Crippen molar-refractivity contribution in [3.8, 4) is 5.75 Å². The number of methoxy groups -OCH3 is 1. The minimum absolute atomic E-state index is 0.00582. The number of nitrogens with one attached hydrogen (secondary N) is 1. The number of hydrogen-bond acceptors (Lipinski definition) is 5. The summed E-state index contributed by atoms with van der Waals surface area (Å²) in [6.45, 7) is 2.99. The van der Waals surface area contributed by atoms with Gasteiger partial charge in [-0.25, -0.2) is 0 Å². The van der Waals surface area contributed by atoms with E-state index >= 15 is 0 Å². The molecule has 1 fully saturated rings. The van der Waals surface area contributed by atoms with E-state index in [1.165, 1.54) is 11.8 Å². The summed E-state index contributed by atoms with van der Waals surface area (Å²) < 4.78 is 5.17. The van der Waals surface area contributed by atoms with Crippen LogP contribution in [0, 0.1) is 5.92 Å². The van der Waals surface area contributed by atoms with Gasteiger partial charge in [0.2, 0.25) is 11.8 Å². The summed E-state index contributed by atoms with van der Waals surface area (Å²) in [5.74, 6) is 0.883. The highest BCUT2D eigenvalue weighted by molar-refractivity contribution is 8.00. The van der Waals surface area contributed by atoms with E-state index in [0.29, 0.717) is 18.8 Å². The Balaban J connectivity index is 1.65. The van der Waals surface area contributed by atoms with Gasteiger partial charge in [0.05, 0.1) is 18.8 Å². The van der Waals surface area contributed by atoms with Crippen molar-refractivity contribution < 1.29 is 14.3 Å². The van der Waals surface area contributed by atoms with Gasteiger partial charge in [0.1, 0.15) is 5.75 Å². The first-order valence-corrected chi connectivity index (χ1v) is 9.12. The van der Waals surface area contributed by atoms with E-state index in [1.807, 2.05) is 24.3 Å². The number of benzene rings is 1. The predicted molar refractivity (Wildman–Crippen MR) is 95.1 cm³/mol. The lowest BCUT2D eigenvalue weighted by atomic mass is 9.97. The molecule has 1 unspecified atom stereocenters. The van der Waals surface area contributed by atoms with Crippen LogP contribution in [0.1, 0.15) is 12.8 Å². The van der Waals surface area contributed by atoms with Crippen LogP contribution >= 0.6 is 11.8 Å². The van der Waals surface area contributed by atoms with Crippen LogP contribution in [-0.4, -0.2) is 55.8 Å². The second-order valence-corrected chi connectivity index (χ2v) is 6.91. The molecule has 1 aromatic carbocycles. The fraction of sp³-hybridized carbons (Fsp3) is 0.529. The van der Waals surface area contributed by atoms with Gasteiger partial charge in [-0.05, 0) is 37.6 Å². The van der Waals surface area contributed by atoms with Gasteiger partial charge in [0.25, 0.3) is 0 Å². The van der Waals surface area contributed by atoms with E-state index in [4.69, 9.17) is 10.5 Å². The van der Waals surface area contributed by atoms with Gasteiger partial charge in [0.15, 0.2) is 0 Å². The molecular formula is C17H25N3O3S. The number of ether oxygens (including phenoxy) is 1. The molecule has 132 valence electrons. The lowest BCUT2D eigenvalue weighted by Gasteiger charge is -2.31. The average Bonchev–Trinajstić information content (AvgIpc) is 2.60. The molecule has 0 aliphatic carbocycles. The third kappa shape index (κ3) is 6.05. The van der Waals surface area contributed by atoms with Crippen molar-refractivity contribution >= 4 is 23.6 Å². The Hall–Kier alpha value is -1.73. The molecular weight excluding hydrogens is 326 g/mol. The number of hydrogen-bond donors (Lipinski definition) is 2. The fourth-order valence-electron chi connectivity index (χ4n) is 2.74. The molecule has 6 nitrogen and oxygen atoms in total. The second kappa shape index (κ2) is 9.54. The summed E-state index contributed by atoms with van der Waals surface area (Å²) in [6, 6.07) is 7.65. The first-order valence-electron chi connectivity index (χ1n) is 8.13. The SMILES string of the molecule is COc1cccc(SCC(=O)NCCN2CCCC(C(N)=O)C2)c1. The Morgan fingerprint density at radius 3 is 3.04 bits per heavy atom.